The van der Waals surface area contributed by atoms with E-state index in [4.69, 9.17) is 25.4 Å². The molecule has 2 aromatic rings. The van der Waals surface area contributed by atoms with Crippen molar-refractivity contribution >= 4 is 23.5 Å². The molecule has 1 fully saturated rings. The Hall–Kier alpha value is -3.59. The number of likely N-dealkylation sites (tertiary alicyclic amines) is 1. The minimum Gasteiger partial charge on any atom is -0.490 e. The third kappa shape index (κ3) is 8.21. The molecule has 4 N–H and O–H groups in total. The van der Waals surface area contributed by atoms with Gasteiger partial charge in [-0.2, -0.15) is 0 Å². The highest BCUT2D eigenvalue weighted by atomic mass is 16.5. The first kappa shape index (κ1) is 28.0. The minimum atomic E-state index is -0.733. The molecule has 1 saturated heterocycles. The first-order chi connectivity index (χ1) is 17.8. The van der Waals surface area contributed by atoms with Gasteiger partial charge in [0.1, 0.15) is 17.7 Å². The van der Waals surface area contributed by atoms with Crippen molar-refractivity contribution in [2.24, 2.45) is 5.73 Å². The fourth-order valence-corrected chi connectivity index (χ4v) is 4.31. The Morgan fingerprint density at radius 2 is 1.73 bits per heavy atom. The summed E-state index contributed by atoms with van der Waals surface area (Å²) >= 11 is 0. The average Bonchev–Trinajstić information content (AvgIpc) is 2.88. The molecule has 9 heteroatoms. The summed E-state index contributed by atoms with van der Waals surface area (Å²) in [5.74, 6) is 0.110. The number of nitrogens with one attached hydrogen (secondary N) is 2. The molecule has 0 spiro atoms. The third-order valence-corrected chi connectivity index (χ3v) is 6.25. The van der Waals surface area contributed by atoms with Gasteiger partial charge in [-0.25, -0.2) is 4.79 Å². The molecule has 1 aliphatic heterocycles. The van der Waals surface area contributed by atoms with Crippen molar-refractivity contribution in [1.82, 2.24) is 4.90 Å². The number of hydrogen-bond acceptors (Lipinski definition) is 8. The molecule has 1 heterocycles. The highest BCUT2D eigenvalue weighted by Crippen LogP contribution is 2.29. The molecule has 1 unspecified atom stereocenters. The average molecular weight is 511 g/mol. The van der Waals surface area contributed by atoms with Crippen LogP contribution in [0.5, 0.6) is 5.75 Å². The monoisotopic (exact) mass is 510 g/mol. The minimum absolute atomic E-state index is 0.0161. The normalized spacial score (nSPS) is 15.0. The van der Waals surface area contributed by atoms with E-state index in [0.29, 0.717) is 30.2 Å². The number of anilines is 1. The lowest BCUT2D eigenvalue weighted by Gasteiger charge is -2.31. The van der Waals surface area contributed by atoms with E-state index in [0.717, 1.165) is 43.5 Å². The van der Waals surface area contributed by atoms with Crippen molar-refractivity contribution in [1.29, 1.82) is 5.41 Å². The molecule has 0 bridgehead atoms. The zero-order chi connectivity index (χ0) is 26.8. The van der Waals surface area contributed by atoms with Crippen LogP contribution in [0.1, 0.15) is 56.3 Å². The summed E-state index contributed by atoms with van der Waals surface area (Å²) in [6, 6.07) is 12.2. The summed E-state index contributed by atoms with van der Waals surface area (Å²) in [6.45, 7) is 8.12. The molecular formula is C28H38N4O5. The first-order valence-electron chi connectivity index (χ1n) is 12.9. The Morgan fingerprint density at radius 1 is 1.05 bits per heavy atom. The Bertz CT molecular complexity index is 1060. The lowest BCUT2D eigenvalue weighted by molar-refractivity contribution is -0.145. The molecule has 0 aromatic heterocycles. The van der Waals surface area contributed by atoms with Crippen LogP contribution in [0.3, 0.4) is 0 Å². The van der Waals surface area contributed by atoms with Crippen molar-refractivity contribution in [2.45, 2.75) is 52.2 Å². The van der Waals surface area contributed by atoms with Crippen LogP contribution in [0.25, 0.3) is 0 Å². The Morgan fingerprint density at radius 3 is 2.32 bits per heavy atom. The van der Waals surface area contributed by atoms with Crippen LogP contribution < -0.4 is 15.8 Å². The lowest BCUT2D eigenvalue weighted by Crippen LogP contribution is -2.41. The number of nitrogens with zero attached hydrogens (tertiary/aromatic N) is 1. The molecule has 0 aliphatic carbocycles. The second-order valence-electron chi connectivity index (χ2n) is 8.98. The quantitative estimate of drug-likeness (QED) is 0.224. The van der Waals surface area contributed by atoms with Gasteiger partial charge in [0.25, 0.3) is 0 Å². The van der Waals surface area contributed by atoms with Gasteiger partial charge in [-0.15, -0.1) is 0 Å². The summed E-state index contributed by atoms with van der Waals surface area (Å²) in [7, 11) is 0. The number of nitrogens with two attached hydrogens (primary N) is 1. The van der Waals surface area contributed by atoms with Crippen molar-refractivity contribution in [3.63, 3.8) is 0 Å². The van der Waals surface area contributed by atoms with Crippen molar-refractivity contribution in [2.75, 3.05) is 38.2 Å². The molecule has 0 saturated carbocycles. The molecule has 9 nitrogen and oxygen atoms in total. The van der Waals surface area contributed by atoms with E-state index in [-0.39, 0.29) is 30.5 Å². The van der Waals surface area contributed by atoms with Crippen LogP contribution >= 0.6 is 0 Å². The van der Waals surface area contributed by atoms with Gasteiger partial charge < -0.3 is 25.3 Å². The highest BCUT2D eigenvalue weighted by Gasteiger charge is 2.26. The van der Waals surface area contributed by atoms with Gasteiger partial charge in [-0.05, 0) is 80.6 Å². The van der Waals surface area contributed by atoms with E-state index in [1.165, 1.54) is 0 Å². The van der Waals surface area contributed by atoms with Crippen LogP contribution in [0.4, 0.5) is 5.69 Å². The summed E-state index contributed by atoms with van der Waals surface area (Å²) in [5.41, 5.74) is 8.68. The van der Waals surface area contributed by atoms with E-state index < -0.39 is 6.04 Å². The van der Waals surface area contributed by atoms with Crippen LogP contribution in [-0.4, -0.2) is 61.6 Å². The third-order valence-electron chi connectivity index (χ3n) is 6.25. The maximum absolute atomic E-state index is 13.0. The van der Waals surface area contributed by atoms with Crippen molar-refractivity contribution < 1.29 is 23.8 Å². The van der Waals surface area contributed by atoms with E-state index in [9.17, 15) is 9.59 Å². The van der Waals surface area contributed by atoms with Gasteiger partial charge in [-0.1, -0.05) is 13.0 Å². The van der Waals surface area contributed by atoms with Crippen molar-refractivity contribution in [3.05, 3.63) is 59.2 Å². The second-order valence-corrected chi connectivity index (χ2v) is 8.98. The number of esters is 2. The fourth-order valence-electron chi connectivity index (χ4n) is 4.31. The van der Waals surface area contributed by atoms with Crippen LogP contribution in [0.15, 0.2) is 42.5 Å². The highest BCUT2D eigenvalue weighted by molar-refractivity contribution is 5.95. The van der Waals surface area contributed by atoms with Gasteiger partial charge >= 0.3 is 11.9 Å². The second kappa shape index (κ2) is 13.6. The van der Waals surface area contributed by atoms with Gasteiger partial charge in [0.05, 0.1) is 19.8 Å². The number of aryl methyl sites for hydroxylation is 1. The fraction of sp³-hybridized carbons (Fsp3) is 0.464. The number of rotatable bonds is 12. The Balaban J connectivity index is 1.75. The molecule has 3 rings (SSSR count). The Labute approximate surface area is 218 Å². The van der Waals surface area contributed by atoms with Gasteiger partial charge in [0.15, 0.2) is 6.04 Å². The van der Waals surface area contributed by atoms with Gasteiger partial charge in [0, 0.05) is 24.3 Å². The van der Waals surface area contributed by atoms with Crippen molar-refractivity contribution in [3.8, 4) is 5.75 Å². The maximum atomic E-state index is 13.0. The van der Waals surface area contributed by atoms with E-state index in [1.54, 1.807) is 31.2 Å². The predicted molar refractivity (Wildman–Crippen MR) is 143 cm³/mol. The molecule has 37 heavy (non-hydrogen) atoms. The van der Waals surface area contributed by atoms with Gasteiger partial charge in [0.2, 0.25) is 0 Å². The number of benzene rings is 2. The lowest BCUT2D eigenvalue weighted by atomic mass is 10.0. The molecule has 2 aromatic carbocycles. The number of hydrogen-bond donors (Lipinski definition) is 3. The number of amidine groups is 1. The largest absolute Gasteiger partial charge is 0.490 e. The Kier molecular flexibility index (Phi) is 10.3. The number of carbonyl (C=O) groups is 2. The summed E-state index contributed by atoms with van der Waals surface area (Å²) in [4.78, 5) is 26.8. The zero-order valence-electron chi connectivity index (χ0n) is 21.9. The molecular weight excluding hydrogens is 472 g/mol. The van der Waals surface area contributed by atoms with E-state index in [1.807, 2.05) is 25.1 Å². The van der Waals surface area contributed by atoms with E-state index >= 15 is 0 Å². The standard InChI is InChI=1S/C28H38N4O5/c1-4-19-15-21(26(28(34)36-6-3)31-22-9-7-20(8-10-22)27(29)30)17-24(16-19)37-23-11-13-32(14-12-23)18-25(33)35-5-2/h7-10,15-17,23,26,31H,4-6,11-14,18H2,1-3H3,(H3,29,30). The summed E-state index contributed by atoms with van der Waals surface area (Å²) < 4.78 is 16.8. The first-order valence-corrected chi connectivity index (χ1v) is 12.9. The molecule has 1 aliphatic rings. The maximum Gasteiger partial charge on any atom is 0.333 e. The van der Waals surface area contributed by atoms with Crippen LogP contribution in [-0.2, 0) is 25.5 Å². The topological polar surface area (TPSA) is 127 Å². The SMILES string of the molecule is CCOC(=O)CN1CCC(Oc2cc(CC)cc(C(Nc3ccc(C(=N)N)cc3)C(=O)OCC)c2)CC1. The number of piperidine rings is 1. The predicted octanol–water partition coefficient (Wildman–Crippen LogP) is 3.66. The molecule has 0 radical (unpaired) electrons. The number of ether oxygens (including phenoxy) is 3. The van der Waals surface area contributed by atoms with Gasteiger partial charge in [-0.3, -0.25) is 15.1 Å². The van der Waals surface area contributed by atoms with Crippen LogP contribution in [0.2, 0.25) is 0 Å². The molecule has 1 atom stereocenters. The van der Waals surface area contributed by atoms with E-state index in [2.05, 4.69) is 17.1 Å². The smallest absolute Gasteiger partial charge is 0.333 e. The molecule has 200 valence electrons. The number of nitrogen functional groups attached to an aromatic ring is 1. The zero-order valence-corrected chi connectivity index (χ0v) is 21.9. The van der Waals surface area contributed by atoms with Crippen LogP contribution in [0, 0.1) is 5.41 Å². The summed E-state index contributed by atoms with van der Waals surface area (Å²) in [5, 5.41) is 10.9. The summed E-state index contributed by atoms with van der Waals surface area (Å²) in [6.07, 6.45) is 2.40. The number of carbonyl (C=O) groups excluding carboxylic acids is 2. The molecule has 0 amide bonds.